The predicted octanol–water partition coefficient (Wildman–Crippen LogP) is 2.72. The van der Waals surface area contributed by atoms with Gasteiger partial charge in [-0.2, -0.15) is 0 Å². The van der Waals surface area contributed by atoms with Crippen molar-refractivity contribution < 1.29 is 4.79 Å². The molecular formula is C22H28N6O. The van der Waals surface area contributed by atoms with Crippen molar-refractivity contribution in [1.82, 2.24) is 30.0 Å². The lowest BCUT2D eigenvalue weighted by Crippen LogP contribution is -2.32. The second kappa shape index (κ2) is 8.29. The van der Waals surface area contributed by atoms with Crippen molar-refractivity contribution in [2.75, 3.05) is 13.1 Å². The Morgan fingerprint density at radius 3 is 2.83 bits per heavy atom. The lowest BCUT2D eigenvalue weighted by Gasteiger charge is -2.20. The third-order valence-corrected chi connectivity index (χ3v) is 5.49. The van der Waals surface area contributed by atoms with Gasteiger partial charge in [-0.15, -0.1) is 10.2 Å². The van der Waals surface area contributed by atoms with E-state index in [0.717, 1.165) is 49.8 Å². The average Bonchev–Trinajstić information content (AvgIpc) is 3.02. The summed E-state index contributed by atoms with van der Waals surface area (Å²) in [5.74, 6) is 1.82. The number of nitrogens with one attached hydrogen (secondary N) is 1. The molecule has 1 atom stereocenters. The summed E-state index contributed by atoms with van der Waals surface area (Å²) >= 11 is 0. The normalized spacial score (nSPS) is 15.9. The van der Waals surface area contributed by atoms with E-state index in [2.05, 4.69) is 54.2 Å². The maximum absolute atomic E-state index is 12.1. The van der Waals surface area contributed by atoms with Gasteiger partial charge < -0.3 is 9.88 Å². The van der Waals surface area contributed by atoms with Gasteiger partial charge in [0.25, 0.3) is 0 Å². The van der Waals surface area contributed by atoms with Crippen molar-refractivity contribution in [1.29, 1.82) is 0 Å². The van der Waals surface area contributed by atoms with Crippen molar-refractivity contribution >= 4 is 16.8 Å². The van der Waals surface area contributed by atoms with E-state index in [1.165, 1.54) is 10.9 Å². The molecule has 0 saturated carbocycles. The molecule has 1 aliphatic rings. The largest absolute Gasteiger partial charge is 0.346 e. The Hall–Kier alpha value is -2.80. The fourth-order valence-electron chi connectivity index (χ4n) is 3.78. The van der Waals surface area contributed by atoms with Gasteiger partial charge in [0.05, 0.1) is 11.6 Å². The van der Waals surface area contributed by atoms with Gasteiger partial charge >= 0.3 is 0 Å². The van der Waals surface area contributed by atoms with Crippen molar-refractivity contribution in [2.24, 2.45) is 5.92 Å². The summed E-state index contributed by atoms with van der Waals surface area (Å²) in [5.41, 5.74) is 2.31. The number of rotatable bonds is 5. The number of nitrogens with zero attached hydrogens (tertiary/aromatic N) is 5. The molecule has 0 radical (unpaired) electrons. The van der Waals surface area contributed by atoms with E-state index < -0.39 is 0 Å². The number of aromatic nitrogens is 4. The fraction of sp³-hybridized carbons (Fsp3) is 0.455. The number of benzene rings is 1. The minimum Gasteiger partial charge on any atom is -0.346 e. The van der Waals surface area contributed by atoms with Crippen LogP contribution in [-0.2, 0) is 24.3 Å². The molecule has 0 unspecified atom stereocenters. The zero-order chi connectivity index (χ0) is 20.4. The van der Waals surface area contributed by atoms with Crippen molar-refractivity contribution in [3.63, 3.8) is 0 Å². The van der Waals surface area contributed by atoms with Crippen LogP contribution in [0.5, 0.6) is 0 Å². The van der Waals surface area contributed by atoms with Crippen molar-refractivity contribution in [2.45, 2.75) is 46.3 Å². The zero-order valence-electron chi connectivity index (χ0n) is 17.3. The Morgan fingerprint density at radius 2 is 2.00 bits per heavy atom. The molecule has 1 N–H and O–H groups in total. The molecule has 1 amide bonds. The molecule has 0 saturated heterocycles. The second-order valence-electron chi connectivity index (χ2n) is 8.07. The van der Waals surface area contributed by atoms with Gasteiger partial charge in [0.1, 0.15) is 5.82 Å². The van der Waals surface area contributed by atoms with Crippen LogP contribution >= 0.6 is 0 Å². The summed E-state index contributed by atoms with van der Waals surface area (Å²) in [6, 6.07) is 10.4. The summed E-state index contributed by atoms with van der Waals surface area (Å²) in [6.07, 6.45) is 2.69. The highest BCUT2D eigenvalue weighted by Gasteiger charge is 2.23. The van der Waals surface area contributed by atoms with Crippen LogP contribution in [0.15, 0.2) is 36.5 Å². The average molecular weight is 393 g/mol. The Bertz CT molecular complexity index is 1010. The highest BCUT2D eigenvalue weighted by atomic mass is 16.1. The highest BCUT2D eigenvalue weighted by Crippen LogP contribution is 2.19. The Labute approximate surface area is 171 Å². The molecule has 152 valence electrons. The van der Waals surface area contributed by atoms with Crippen LogP contribution in [0.2, 0.25) is 0 Å². The number of hydrogen-bond donors (Lipinski definition) is 1. The number of carbonyl (C=O) groups excluding carboxylic acids is 1. The van der Waals surface area contributed by atoms with Gasteiger partial charge in [0, 0.05) is 50.1 Å². The summed E-state index contributed by atoms with van der Waals surface area (Å²) in [4.78, 5) is 19.0. The monoisotopic (exact) mass is 392 g/mol. The summed E-state index contributed by atoms with van der Waals surface area (Å²) in [5, 5.41) is 13.0. The molecule has 4 rings (SSSR count). The number of amides is 1. The maximum atomic E-state index is 12.1. The molecule has 1 aromatic carbocycles. The SMILES string of the molecule is CC(C)C(=O)N[C@@H](C)c1nnc2n1CCN(Cc1ccc3cccnc3c1)CC2. The minimum atomic E-state index is -0.149. The molecule has 0 bridgehead atoms. The van der Waals surface area contributed by atoms with E-state index in [-0.39, 0.29) is 17.9 Å². The van der Waals surface area contributed by atoms with Crippen LogP contribution in [0.4, 0.5) is 0 Å². The first-order chi connectivity index (χ1) is 14.0. The Morgan fingerprint density at radius 1 is 1.14 bits per heavy atom. The van der Waals surface area contributed by atoms with Gasteiger partial charge in [-0.3, -0.25) is 14.7 Å². The molecule has 1 aliphatic heterocycles. The van der Waals surface area contributed by atoms with Crippen molar-refractivity contribution in [3.05, 3.63) is 53.7 Å². The van der Waals surface area contributed by atoms with E-state index in [1.807, 2.05) is 33.0 Å². The predicted molar refractivity (Wildman–Crippen MR) is 112 cm³/mol. The van der Waals surface area contributed by atoms with Crippen LogP contribution in [0, 0.1) is 5.92 Å². The Balaban J connectivity index is 1.44. The summed E-state index contributed by atoms with van der Waals surface area (Å²) < 4.78 is 2.17. The van der Waals surface area contributed by atoms with Crippen LogP contribution in [-0.4, -0.2) is 43.6 Å². The summed E-state index contributed by atoms with van der Waals surface area (Å²) in [7, 11) is 0. The van der Waals surface area contributed by atoms with Gasteiger partial charge in [0.15, 0.2) is 5.82 Å². The first-order valence-electron chi connectivity index (χ1n) is 10.3. The van der Waals surface area contributed by atoms with Gasteiger partial charge in [-0.25, -0.2) is 0 Å². The van der Waals surface area contributed by atoms with E-state index in [1.54, 1.807) is 0 Å². The van der Waals surface area contributed by atoms with E-state index in [9.17, 15) is 4.79 Å². The van der Waals surface area contributed by atoms with Crippen LogP contribution < -0.4 is 5.32 Å². The van der Waals surface area contributed by atoms with Crippen LogP contribution in [0.1, 0.15) is 44.0 Å². The lowest BCUT2D eigenvalue weighted by molar-refractivity contribution is -0.124. The third kappa shape index (κ3) is 4.29. The fourth-order valence-corrected chi connectivity index (χ4v) is 3.78. The van der Waals surface area contributed by atoms with E-state index in [0.29, 0.717) is 0 Å². The zero-order valence-corrected chi connectivity index (χ0v) is 17.3. The van der Waals surface area contributed by atoms with Crippen LogP contribution in [0.25, 0.3) is 10.9 Å². The number of pyridine rings is 1. The van der Waals surface area contributed by atoms with Crippen LogP contribution in [0.3, 0.4) is 0 Å². The number of hydrogen-bond acceptors (Lipinski definition) is 5. The number of fused-ring (bicyclic) bond motifs is 2. The molecule has 0 spiro atoms. The van der Waals surface area contributed by atoms with Crippen molar-refractivity contribution in [3.8, 4) is 0 Å². The first kappa shape index (κ1) is 19.5. The molecule has 0 aliphatic carbocycles. The van der Waals surface area contributed by atoms with Gasteiger partial charge in [-0.05, 0) is 24.6 Å². The van der Waals surface area contributed by atoms with Gasteiger partial charge in [-0.1, -0.05) is 32.0 Å². The molecule has 29 heavy (non-hydrogen) atoms. The topological polar surface area (TPSA) is 75.9 Å². The second-order valence-corrected chi connectivity index (χ2v) is 8.07. The van der Waals surface area contributed by atoms with Gasteiger partial charge in [0.2, 0.25) is 5.91 Å². The smallest absolute Gasteiger partial charge is 0.223 e. The van der Waals surface area contributed by atoms with E-state index in [4.69, 9.17) is 0 Å². The summed E-state index contributed by atoms with van der Waals surface area (Å²) in [6.45, 7) is 9.33. The first-order valence-corrected chi connectivity index (χ1v) is 10.3. The third-order valence-electron chi connectivity index (χ3n) is 5.49. The quantitative estimate of drug-likeness (QED) is 0.723. The van der Waals surface area contributed by atoms with E-state index >= 15 is 0 Å². The molecular weight excluding hydrogens is 364 g/mol. The maximum Gasteiger partial charge on any atom is 0.223 e. The lowest BCUT2D eigenvalue weighted by atomic mass is 10.1. The molecule has 0 fully saturated rings. The molecule has 7 nitrogen and oxygen atoms in total. The molecule has 2 aromatic heterocycles. The molecule has 7 heteroatoms. The minimum absolute atomic E-state index is 0.0370. The molecule has 3 aromatic rings. The highest BCUT2D eigenvalue weighted by molar-refractivity contribution is 5.79. The number of carbonyl (C=O) groups is 1. The molecule has 3 heterocycles. The Kier molecular flexibility index (Phi) is 5.58. The standard InChI is InChI=1S/C22H28N6O/c1-15(2)22(29)24-16(3)21-26-25-20-8-10-27(11-12-28(20)21)14-17-6-7-18-5-4-9-23-19(18)13-17/h4-7,9,13,15-16H,8,10-12,14H2,1-3H3,(H,24,29)/t16-/m0/s1.